The van der Waals surface area contributed by atoms with E-state index in [1.807, 2.05) is 6.92 Å². The van der Waals surface area contributed by atoms with Crippen molar-refractivity contribution in [2.75, 3.05) is 6.61 Å². The minimum atomic E-state index is -0.919. The van der Waals surface area contributed by atoms with E-state index >= 15 is 0 Å². The van der Waals surface area contributed by atoms with Crippen LogP contribution in [-0.2, 0) is 9.53 Å². The highest BCUT2D eigenvalue weighted by molar-refractivity contribution is 5.72. The largest absolute Gasteiger partial charge is 0.478 e. The summed E-state index contributed by atoms with van der Waals surface area (Å²) < 4.78 is 5.18. The molecule has 1 aliphatic carbocycles. The summed E-state index contributed by atoms with van der Waals surface area (Å²) in [5.41, 5.74) is 0.256. The van der Waals surface area contributed by atoms with Gasteiger partial charge in [-0.3, -0.25) is 5.32 Å². The van der Waals surface area contributed by atoms with Gasteiger partial charge in [-0.1, -0.05) is 0 Å². The summed E-state index contributed by atoms with van der Waals surface area (Å²) in [4.78, 5) is 10.5. The average Bonchev–Trinajstić information content (AvgIpc) is 2.76. The molecule has 2 rings (SSSR count). The molecule has 0 amide bonds. The van der Waals surface area contributed by atoms with Gasteiger partial charge in [0.2, 0.25) is 6.23 Å². The van der Waals surface area contributed by atoms with Crippen LogP contribution in [0.2, 0.25) is 0 Å². The summed E-state index contributed by atoms with van der Waals surface area (Å²) in [6.45, 7) is 2.63. The van der Waals surface area contributed by atoms with E-state index in [-0.39, 0.29) is 11.5 Å². The zero-order chi connectivity index (χ0) is 8.77. The van der Waals surface area contributed by atoms with Crippen LogP contribution in [-0.4, -0.2) is 30.0 Å². The van der Waals surface area contributed by atoms with Crippen molar-refractivity contribution < 1.29 is 14.6 Å². The van der Waals surface area contributed by atoms with Crippen LogP contribution in [0, 0.1) is 5.41 Å². The van der Waals surface area contributed by atoms with Crippen LogP contribution in [0.5, 0.6) is 0 Å². The third-order valence-corrected chi connectivity index (χ3v) is 2.97. The van der Waals surface area contributed by atoms with Crippen molar-refractivity contribution in [3.63, 3.8) is 0 Å². The van der Waals surface area contributed by atoms with Gasteiger partial charge in [-0.25, -0.2) is 4.79 Å². The predicted octanol–water partition coefficient (Wildman–Crippen LogP) is 0.186. The fourth-order valence-corrected chi connectivity index (χ4v) is 1.71. The van der Waals surface area contributed by atoms with E-state index < -0.39 is 12.2 Å². The summed E-state index contributed by atoms with van der Waals surface area (Å²) in [6.07, 6.45) is 1.52. The van der Waals surface area contributed by atoms with Crippen molar-refractivity contribution in [2.24, 2.45) is 5.41 Å². The van der Waals surface area contributed by atoms with Crippen LogP contribution in [0.4, 0.5) is 0 Å². The lowest BCUT2D eigenvalue weighted by Gasteiger charge is -2.33. The number of carboxylic acid groups (broad SMARTS) is 1. The van der Waals surface area contributed by atoms with Crippen molar-refractivity contribution in [1.29, 1.82) is 0 Å². The first kappa shape index (κ1) is 8.01. The number of nitrogens with one attached hydrogen (secondary N) is 1. The molecular formula is C8H13NO3. The van der Waals surface area contributed by atoms with Crippen molar-refractivity contribution in [2.45, 2.75) is 32.0 Å². The van der Waals surface area contributed by atoms with Gasteiger partial charge < -0.3 is 9.84 Å². The Morgan fingerprint density at radius 3 is 2.75 bits per heavy atom. The van der Waals surface area contributed by atoms with Crippen LogP contribution in [0.3, 0.4) is 0 Å². The normalized spacial score (nSPS) is 38.1. The molecule has 0 radical (unpaired) electrons. The Morgan fingerprint density at radius 1 is 1.67 bits per heavy atom. The van der Waals surface area contributed by atoms with Gasteiger partial charge in [-0.15, -0.1) is 0 Å². The first-order chi connectivity index (χ1) is 5.64. The van der Waals surface area contributed by atoms with E-state index in [0.717, 1.165) is 12.8 Å². The smallest absolute Gasteiger partial charge is 0.348 e. The minimum absolute atomic E-state index is 0.256. The standard InChI is InChI=1S/C8H13NO3/c1-5-8(2-3-8)4-12-6(9-5)7(10)11/h5-6,9H,2-4H2,1H3,(H,10,11). The van der Waals surface area contributed by atoms with Crippen molar-refractivity contribution in [1.82, 2.24) is 5.32 Å². The Labute approximate surface area is 70.9 Å². The molecule has 2 N–H and O–H groups in total. The van der Waals surface area contributed by atoms with Crippen LogP contribution in [0.1, 0.15) is 19.8 Å². The molecule has 68 valence electrons. The summed E-state index contributed by atoms with van der Waals surface area (Å²) in [7, 11) is 0. The minimum Gasteiger partial charge on any atom is -0.478 e. The molecule has 0 aromatic carbocycles. The zero-order valence-electron chi connectivity index (χ0n) is 7.04. The fourth-order valence-electron chi connectivity index (χ4n) is 1.71. The first-order valence-electron chi connectivity index (χ1n) is 4.24. The molecule has 1 spiro atoms. The summed E-state index contributed by atoms with van der Waals surface area (Å²) in [5, 5.41) is 11.6. The number of hydrogen-bond donors (Lipinski definition) is 2. The van der Waals surface area contributed by atoms with Gasteiger partial charge in [0.1, 0.15) is 0 Å². The maximum Gasteiger partial charge on any atom is 0.348 e. The van der Waals surface area contributed by atoms with Gasteiger partial charge >= 0.3 is 5.97 Å². The number of ether oxygens (including phenoxy) is 1. The van der Waals surface area contributed by atoms with Gasteiger partial charge in [0, 0.05) is 11.5 Å². The molecule has 1 heterocycles. The monoisotopic (exact) mass is 171 g/mol. The van der Waals surface area contributed by atoms with Gasteiger partial charge in [0.15, 0.2) is 0 Å². The molecule has 2 aliphatic rings. The maximum absolute atomic E-state index is 10.5. The molecule has 2 unspecified atom stereocenters. The van der Waals surface area contributed by atoms with Crippen LogP contribution >= 0.6 is 0 Å². The number of carbonyl (C=O) groups is 1. The first-order valence-corrected chi connectivity index (χ1v) is 4.24. The molecule has 1 saturated heterocycles. The Morgan fingerprint density at radius 2 is 2.33 bits per heavy atom. The van der Waals surface area contributed by atoms with Crippen molar-refractivity contribution in [3.8, 4) is 0 Å². The molecular weight excluding hydrogens is 158 g/mol. The summed E-state index contributed by atoms with van der Waals surface area (Å²) >= 11 is 0. The van der Waals surface area contributed by atoms with Gasteiger partial charge in [0.05, 0.1) is 6.61 Å². The Kier molecular flexibility index (Phi) is 1.63. The van der Waals surface area contributed by atoms with Gasteiger partial charge in [-0.05, 0) is 19.8 Å². The third kappa shape index (κ3) is 1.11. The molecule has 4 nitrogen and oxygen atoms in total. The fraction of sp³-hybridized carbons (Fsp3) is 0.875. The van der Waals surface area contributed by atoms with E-state index in [2.05, 4.69) is 5.32 Å². The Hall–Kier alpha value is -0.610. The molecule has 0 aromatic rings. The lowest BCUT2D eigenvalue weighted by atomic mass is 9.97. The molecule has 1 saturated carbocycles. The average molecular weight is 171 g/mol. The van der Waals surface area contributed by atoms with Gasteiger partial charge in [-0.2, -0.15) is 0 Å². The third-order valence-electron chi connectivity index (χ3n) is 2.97. The molecule has 0 bridgehead atoms. The van der Waals surface area contributed by atoms with Crippen LogP contribution in [0.15, 0.2) is 0 Å². The van der Waals surface area contributed by atoms with E-state index in [0.29, 0.717) is 6.61 Å². The SMILES string of the molecule is CC1NC(C(=O)O)OCC12CC2. The number of hydrogen-bond acceptors (Lipinski definition) is 3. The van der Waals surface area contributed by atoms with Crippen molar-refractivity contribution in [3.05, 3.63) is 0 Å². The van der Waals surface area contributed by atoms with Crippen molar-refractivity contribution >= 4 is 5.97 Å². The number of aliphatic carboxylic acids is 1. The summed E-state index contributed by atoms with van der Waals surface area (Å²) in [6, 6.07) is 0.271. The lowest BCUT2D eigenvalue weighted by molar-refractivity contribution is -0.161. The molecule has 0 aromatic heterocycles. The number of rotatable bonds is 1. The molecule has 2 atom stereocenters. The second kappa shape index (κ2) is 2.44. The van der Waals surface area contributed by atoms with Gasteiger partial charge in [0.25, 0.3) is 0 Å². The Balaban J connectivity index is 1.99. The molecule has 4 heteroatoms. The molecule has 1 aliphatic heterocycles. The van der Waals surface area contributed by atoms with Crippen LogP contribution < -0.4 is 5.32 Å². The highest BCUT2D eigenvalue weighted by Gasteiger charge is 2.51. The predicted molar refractivity (Wildman–Crippen MR) is 41.6 cm³/mol. The highest BCUT2D eigenvalue weighted by Crippen LogP contribution is 2.50. The van der Waals surface area contributed by atoms with E-state index in [1.165, 1.54) is 0 Å². The maximum atomic E-state index is 10.5. The van der Waals surface area contributed by atoms with E-state index in [1.54, 1.807) is 0 Å². The Bertz CT molecular complexity index is 212. The molecule has 12 heavy (non-hydrogen) atoms. The second-order valence-corrected chi connectivity index (χ2v) is 3.78. The molecule has 2 fully saturated rings. The quantitative estimate of drug-likeness (QED) is 0.591. The van der Waals surface area contributed by atoms with E-state index in [4.69, 9.17) is 9.84 Å². The van der Waals surface area contributed by atoms with E-state index in [9.17, 15) is 4.79 Å². The number of carboxylic acids is 1. The summed E-state index contributed by atoms with van der Waals surface area (Å²) in [5.74, 6) is -0.919. The van der Waals surface area contributed by atoms with Crippen LogP contribution in [0.25, 0.3) is 0 Å². The highest BCUT2D eigenvalue weighted by atomic mass is 16.5. The second-order valence-electron chi connectivity index (χ2n) is 3.78. The lowest BCUT2D eigenvalue weighted by Crippen LogP contribution is -2.54. The topological polar surface area (TPSA) is 58.6 Å². The zero-order valence-corrected chi connectivity index (χ0v) is 7.04.